The Morgan fingerprint density at radius 1 is 1.36 bits per heavy atom. The molecular formula is C19H25N3O3. The van der Waals surface area contributed by atoms with Crippen LogP contribution in [0.2, 0.25) is 0 Å². The molecule has 0 radical (unpaired) electrons. The van der Waals surface area contributed by atoms with Crippen LogP contribution in [0.1, 0.15) is 24.6 Å². The number of hydrogen-bond acceptors (Lipinski definition) is 3. The fourth-order valence-corrected chi connectivity index (χ4v) is 3.61. The average Bonchev–Trinajstić information content (AvgIpc) is 3.15. The van der Waals surface area contributed by atoms with Crippen molar-refractivity contribution in [3.63, 3.8) is 0 Å². The van der Waals surface area contributed by atoms with Gasteiger partial charge in [-0.2, -0.15) is 0 Å². The molecule has 1 saturated heterocycles. The molecule has 1 aliphatic rings. The van der Waals surface area contributed by atoms with E-state index in [1.54, 1.807) is 4.90 Å². The van der Waals surface area contributed by atoms with Gasteiger partial charge in [0.05, 0.1) is 12.5 Å². The van der Waals surface area contributed by atoms with Gasteiger partial charge in [0.2, 0.25) is 0 Å². The van der Waals surface area contributed by atoms with Gasteiger partial charge >= 0.3 is 12.0 Å². The number of carbonyl (C=O) groups is 2. The number of aromatic nitrogens is 1. The molecule has 6 heteroatoms. The standard InChI is InChI=1S/C19H25N3O3/c1-13-14(15-6-4-5-7-16(15)21-13)8-10-20-18(24)22-11-9-19(2,12-22)17(23)25-3/h4-7,21H,8-12H2,1-3H3,(H,20,24)/t19-/m1/s1. The maximum Gasteiger partial charge on any atom is 0.317 e. The lowest BCUT2D eigenvalue weighted by Gasteiger charge is -2.22. The second kappa shape index (κ2) is 6.78. The highest BCUT2D eigenvalue weighted by Gasteiger charge is 2.42. The van der Waals surface area contributed by atoms with E-state index >= 15 is 0 Å². The van der Waals surface area contributed by atoms with Crippen LogP contribution < -0.4 is 5.32 Å². The second-order valence-electron chi connectivity index (χ2n) is 6.98. The first kappa shape index (κ1) is 17.3. The number of hydrogen-bond donors (Lipinski definition) is 2. The lowest BCUT2D eigenvalue weighted by atomic mass is 9.90. The number of aromatic amines is 1. The highest BCUT2D eigenvalue weighted by molar-refractivity contribution is 5.84. The summed E-state index contributed by atoms with van der Waals surface area (Å²) >= 11 is 0. The van der Waals surface area contributed by atoms with Crippen LogP contribution in [0.25, 0.3) is 10.9 Å². The van der Waals surface area contributed by atoms with Gasteiger partial charge in [0.1, 0.15) is 0 Å². The van der Waals surface area contributed by atoms with Crippen molar-refractivity contribution in [2.75, 3.05) is 26.7 Å². The normalized spacial score (nSPS) is 20.0. The van der Waals surface area contributed by atoms with E-state index in [1.165, 1.54) is 18.1 Å². The highest BCUT2D eigenvalue weighted by Crippen LogP contribution is 2.31. The first-order valence-electron chi connectivity index (χ1n) is 8.62. The minimum absolute atomic E-state index is 0.120. The maximum absolute atomic E-state index is 12.4. The second-order valence-corrected chi connectivity index (χ2v) is 6.98. The minimum Gasteiger partial charge on any atom is -0.469 e. The van der Waals surface area contributed by atoms with Crippen LogP contribution in [-0.2, 0) is 16.0 Å². The number of para-hydroxylation sites is 1. The molecule has 2 heterocycles. The number of nitrogens with zero attached hydrogens (tertiary/aromatic N) is 1. The summed E-state index contributed by atoms with van der Waals surface area (Å²) in [6.45, 7) is 5.44. The smallest absolute Gasteiger partial charge is 0.317 e. The third-order valence-electron chi connectivity index (χ3n) is 5.12. The molecular weight excluding hydrogens is 318 g/mol. The summed E-state index contributed by atoms with van der Waals surface area (Å²) < 4.78 is 4.85. The first-order chi connectivity index (χ1) is 11.9. The fourth-order valence-electron chi connectivity index (χ4n) is 3.61. The largest absolute Gasteiger partial charge is 0.469 e. The Bertz CT molecular complexity index is 798. The topological polar surface area (TPSA) is 74.4 Å². The summed E-state index contributed by atoms with van der Waals surface area (Å²) in [5.41, 5.74) is 2.89. The lowest BCUT2D eigenvalue weighted by molar-refractivity contribution is -0.150. The first-order valence-corrected chi connectivity index (χ1v) is 8.62. The molecule has 0 bridgehead atoms. The molecule has 1 aliphatic heterocycles. The van der Waals surface area contributed by atoms with Crippen molar-refractivity contribution in [3.05, 3.63) is 35.5 Å². The summed E-state index contributed by atoms with van der Waals surface area (Å²) in [7, 11) is 1.39. The Labute approximate surface area is 147 Å². The van der Waals surface area contributed by atoms with Crippen LogP contribution in [0.5, 0.6) is 0 Å². The van der Waals surface area contributed by atoms with Crippen LogP contribution in [0.4, 0.5) is 4.79 Å². The number of fused-ring (bicyclic) bond motifs is 1. The van der Waals surface area contributed by atoms with Gasteiger partial charge in [0.15, 0.2) is 0 Å². The van der Waals surface area contributed by atoms with Crippen molar-refractivity contribution >= 4 is 22.9 Å². The number of amides is 2. The molecule has 0 unspecified atom stereocenters. The predicted molar refractivity (Wildman–Crippen MR) is 96.5 cm³/mol. The fraction of sp³-hybridized carbons (Fsp3) is 0.474. The lowest BCUT2D eigenvalue weighted by Crippen LogP contribution is -2.41. The number of benzene rings is 1. The van der Waals surface area contributed by atoms with Crippen molar-refractivity contribution in [3.8, 4) is 0 Å². The number of ether oxygens (including phenoxy) is 1. The average molecular weight is 343 g/mol. The number of H-pyrrole nitrogens is 1. The van der Waals surface area contributed by atoms with Crippen molar-refractivity contribution in [2.24, 2.45) is 5.41 Å². The van der Waals surface area contributed by atoms with Gasteiger partial charge in [-0.15, -0.1) is 0 Å². The monoisotopic (exact) mass is 343 g/mol. The third-order valence-corrected chi connectivity index (χ3v) is 5.12. The zero-order chi connectivity index (χ0) is 18.0. The summed E-state index contributed by atoms with van der Waals surface area (Å²) in [6, 6.07) is 8.07. The molecule has 0 spiro atoms. The molecule has 0 saturated carbocycles. The summed E-state index contributed by atoms with van der Waals surface area (Å²) in [5, 5.41) is 4.17. The molecule has 0 aliphatic carbocycles. The van der Waals surface area contributed by atoms with E-state index in [2.05, 4.69) is 29.4 Å². The zero-order valence-corrected chi connectivity index (χ0v) is 15.0. The van der Waals surface area contributed by atoms with Crippen molar-refractivity contribution in [1.29, 1.82) is 0 Å². The van der Waals surface area contributed by atoms with Crippen LogP contribution in [0.15, 0.2) is 24.3 Å². The molecule has 3 rings (SSSR count). The number of esters is 1. The molecule has 134 valence electrons. The van der Waals surface area contributed by atoms with Gasteiger partial charge in [0.25, 0.3) is 0 Å². The molecule has 2 aromatic rings. The van der Waals surface area contributed by atoms with Crippen LogP contribution >= 0.6 is 0 Å². The molecule has 1 atom stereocenters. The predicted octanol–water partition coefficient (Wildman–Crippen LogP) is 2.61. The van der Waals surface area contributed by atoms with Gasteiger partial charge < -0.3 is 19.9 Å². The minimum atomic E-state index is -0.598. The van der Waals surface area contributed by atoms with E-state index < -0.39 is 5.41 Å². The molecule has 25 heavy (non-hydrogen) atoms. The Kier molecular flexibility index (Phi) is 4.70. The number of rotatable bonds is 4. The molecule has 2 amide bonds. The maximum atomic E-state index is 12.4. The third kappa shape index (κ3) is 3.34. The molecule has 6 nitrogen and oxygen atoms in total. The van der Waals surface area contributed by atoms with Gasteiger partial charge in [-0.3, -0.25) is 4.79 Å². The number of aryl methyl sites for hydroxylation is 1. The highest BCUT2D eigenvalue weighted by atomic mass is 16.5. The van der Waals surface area contributed by atoms with Crippen LogP contribution in [-0.4, -0.2) is 48.6 Å². The van der Waals surface area contributed by atoms with Crippen molar-refractivity contribution < 1.29 is 14.3 Å². The quantitative estimate of drug-likeness (QED) is 0.838. The van der Waals surface area contributed by atoms with E-state index in [4.69, 9.17) is 4.74 Å². The van der Waals surface area contributed by atoms with E-state index in [-0.39, 0.29) is 12.0 Å². The number of carbonyl (C=O) groups excluding carboxylic acids is 2. The Morgan fingerprint density at radius 3 is 2.88 bits per heavy atom. The van der Waals surface area contributed by atoms with Gasteiger partial charge in [0, 0.05) is 36.2 Å². The van der Waals surface area contributed by atoms with E-state index in [0.717, 1.165) is 17.6 Å². The zero-order valence-electron chi connectivity index (χ0n) is 15.0. The van der Waals surface area contributed by atoms with E-state index in [9.17, 15) is 9.59 Å². The molecule has 2 N–H and O–H groups in total. The van der Waals surface area contributed by atoms with Gasteiger partial charge in [-0.25, -0.2) is 4.79 Å². The van der Waals surface area contributed by atoms with Gasteiger partial charge in [-0.05, 0) is 38.3 Å². The van der Waals surface area contributed by atoms with Crippen molar-refractivity contribution in [2.45, 2.75) is 26.7 Å². The number of urea groups is 1. The Balaban J connectivity index is 1.56. The Hall–Kier alpha value is -2.50. The van der Waals surface area contributed by atoms with Crippen molar-refractivity contribution in [1.82, 2.24) is 15.2 Å². The summed E-state index contributed by atoms with van der Waals surface area (Å²) in [6.07, 6.45) is 1.40. The van der Waals surface area contributed by atoms with Gasteiger partial charge in [-0.1, -0.05) is 18.2 Å². The number of likely N-dealkylation sites (tertiary alicyclic amines) is 1. The van der Waals surface area contributed by atoms with Crippen LogP contribution in [0.3, 0.4) is 0 Å². The van der Waals surface area contributed by atoms with E-state index in [0.29, 0.717) is 26.1 Å². The summed E-state index contributed by atoms with van der Waals surface area (Å²) in [5.74, 6) is -0.253. The molecule has 1 aromatic heterocycles. The molecule has 1 aromatic carbocycles. The Morgan fingerprint density at radius 2 is 2.12 bits per heavy atom. The summed E-state index contributed by atoms with van der Waals surface area (Å²) in [4.78, 5) is 29.3. The number of nitrogens with one attached hydrogen (secondary N) is 2. The van der Waals surface area contributed by atoms with Crippen LogP contribution in [0, 0.1) is 12.3 Å². The molecule has 1 fully saturated rings. The number of methoxy groups -OCH3 is 1. The van der Waals surface area contributed by atoms with E-state index in [1.807, 2.05) is 19.1 Å². The SMILES string of the molecule is COC(=O)[C@]1(C)CCN(C(=O)NCCc2c(C)[nH]c3ccccc23)C1.